The average molecular weight is 270 g/mol. The van der Waals surface area contributed by atoms with Crippen molar-refractivity contribution < 1.29 is 9.53 Å². The second kappa shape index (κ2) is 13.9. The number of esters is 1. The molecule has 0 bridgehead atoms. The molecule has 2 nitrogen and oxygen atoms in total. The molecule has 0 heterocycles. The van der Waals surface area contributed by atoms with Crippen LogP contribution < -0.4 is 0 Å². The molecule has 0 amide bonds. The summed E-state index contributed by atoms with van der Waals surface area (Å²) in [5.74, 6) is 0.769. The van der Waals surface area contributed by atoms with E-state index in [0.717, 1.165) is 25.2 Å². The van der Waals surface area contributed by atoms with E-state index in [1.807, 2.05) is 0 Å². The lowest BCUT2D eigenvalue weighted by Crippen LogP contribution is -2.07. The number of hydrogen-bond donors (Lipinski definition) is 0. The topological polar surface area (TPSA) is 26.3 Å². The van der Waals surface area contributed by atoms with Crippen LogP contribution in [0.5, 0.6) is 0 Å². The van der Waals surface area contributed by atoms with Crippen LogP contribution >= 0.6 is 0 Å². The lowest BCUT2D eigenvalue weighted by molar-refractivity contribution is -0.143. The van der Waals surface area contributed by atoms with Gasteiger partial charge in [-0.25, -0.2) is 0 Å². The summed E-state index contributed by atoms with van der Waals surface area (Å²) >= 11 is 0. The molecule has 0 aliphatic heterocycles. The van der Waals surface area contributed by atoms with Crippen LogP contribution in [0, 0.1) is 5.92 Å². The van der Waals surface area contributed by atoms with E-state index in [2.05, 4.69) is 20.8 Å². The number of rotatable bonds is 13. The first-order valence-corrected chi connectivity index (χ1v) is 8.36. The summed E-state index contributed by atoms with van der Waals surface area (Å²) < 4.78 is 5.26. The largest absolute Gasteiger partial charge is 0.466 e. The Balaban J connectivity index is 3.28. The smallest absolute Gasteiger partial charge is 0.305 e. The first-order valence-electron chi connectivity index (χ1n) is 8.36. The third kappa shape index (κ3) is 13.7. The molecule has 0 saturated heterocycles. The van der Waals surface area contributed by atoms with Crippen LogP contribution in [0.25, 0.3) is 0 Å². The summed E-state index contributed by atoms with van der Waals surface area (Å²) in [4.78, 5) is 11.5. The van der Waals surface area contributed by atoms with Gasteiger partial charge in [0.2, 0.25) is 0 Å². The normalized spacial score (nSPS) is 12.4. The quantitative estimate of drug-likeness (QED) is 0.326. The minimum atomic E-state index is -0.00212. The Morgan fingerprint density at radius 3 is 2.21 bits per heavy atom. The molecule has 0 fully saturated rings. The fourth-order valence-electron chi connectivity index (χ4n) is 2.26. The van der Waals surface area contributed by atoms with Crippen molar-refractivity contribution in [2.45, 2.75) is 91.4 Å². The van der Waals surface area contributed by atoms with Gasteiger partial charge in [0.05, 0.1) is 6.61 Å². The van der Waals surface area contributed by atoms with Crippen LogP contribution in [0.3, 0.4) is 0 Å². The highest BCUT2D eigenvalue weighted by Crippen LogP contribution is 2.14. The van der Waals surface area contributed by atoms with Gasteiger partial charge in [-0.2, -0.15) is 0 Å². The van der Waals surface area contributed by atoms with E-state index in [0.29, 0.717) is 13.0 Å². The lowest BCUT2D eigenvalue weighted by Gasteiger charge is -2.10. The van der Waals surface area contributed by atoms with E-state index in [1.165, 1.54) is 44.9 Å². The van der Waals surface area contributed by atoms with Gasteiger partial charge in [0.25, 0.3) is 0 Å². The van der Waals surface area contributed by atoms with E-state index >= 15 is 0 Å². The molecule has 0 rings (SSSR count). The monoisotopic (exact) mass is 270 g/mol. The summed E-state index contributed by atoms with van der Waals surface area (Å²) in [7, 11) is 0. The Hall–Kier alpha value is -0.530. The predicted molar refractivity (Wildman–Crippen MR) is 82.3 cm³/mol. The Morgan fingerprint density at radius 2 is 1.53 bits per heavy atom. The second-order valence-corrected chi connectivity index (χ2v) is 5.77. The van der Waals surface area contributed by atoms with Crippen molar-refractivity contribution in [3.8, 4) is 0 Å². The molecule has 19 heavy (non-hydrogen) atoms. The number of hydrogen-bond acceptors (Lipinski definition) is 2. The van der Waals surface area contributed by atoms with Crippen LogP contribution in [0.4, 0.5) is 0 Å². The molecule has 0 aliphatic rings. The summed E-state index contributed by atoms with van der Waals surface area (Å²) in [5, 5.41) is 0. The molecule has 0 aromatic carbocycles. The molecule has 2 heteroatoms. The Bertz CT molecular complexity index is 201. The third-order valence-electron chi connectivity index (χ3n) is 3.64. The van der Waals surface area contributed by atoms with Crippen molar-refractivity contribution in [3.63, 3.8) is 0 Å². The summed E-state index contributed by atoms with van der Waals surface area (Å²) in [6.07, 6.45) is 12.6. The minimum Gasteiger partial charge on any atom is -0.466 e. The van der Waals surface area contributed by atoms with Gasteiger partial charge < -0.3 is 4.74 Å². The molecule has 114 valence electrons. The number of ether oxygens (including phenoxy) is 1. The summed E-state index contributed by atoms with van der Waals surface area (Å²) in [6, 6.07) is 0. The maximum atomic E-state index is 11.5. The summed E-state index contributed by atoms with van der Waals surface area (Å²) in [6.45, 7) is 7.35. The highest BCUT2D eigenvalue weighted by molar-refractivity contribution is 5.69. The Labute approximate surface area is 120 Å². The van der Waals surface area contributed by atoms with Gasteiger partial charge in [0.1, 0.15) is 0 Å². The van der Waals surface area contributed by atoms with Crippen LogP contribution in [-0.4, -0.2) is 12.6 Å². The standard InChI is InChI=1S/C17H34O2/c1-4-6-8-9-10-14-17(18)19-15-11-13-16(3)12-7-5-2/h16H,4-15H2,1-3H3. The average Bonchev–Trinajstić information content (AvgIpc) is 2.41. The Morgan fingerprint density at radius 1 is 0.895 bits per heavy atom. The molecule has 0 aromatic rings. The zero-order valence-corrected chi connectivity index (χ0v) is 13.4. The van der Waals surface area contributed by atoms with Gasteiger partial charge in [-0.3, -0.25) is 4.79 Å². The maximum absolute atomic E-state index is 11.5. The van der Waals surface area contributed by atoms with Gasteiger partial charge in [-0.15, -0.1) is 0 Å². The fourth-order valence-corrected chi connectivity index (χ4v) is 2.26. The highest BCUT2D eigenvalue weighted by Gasteiger charge is 2.04. The van der Waals surface area contributed by atoms with Crippen molar-refractivity contribution in [3.05, 3.63) is 0 Å². The molecule has 0 aromatic heterocycles. The molecule has 0 saturated carbocycles. The first kappa shape index (κ1) is 18.5. The molecular weight excluding hydrogens is 236 g/mol. The summed E-state index contributed by atoms with van der Waals surface area (Å²) in [5.41, 5.74) is 0. The number of carbonyl (C=O) groups is 1. The van der Waals surface area contributed by atoms with Crippen molar-refractivity contribution in [2.24, 2.45) is 5.92 Å². The second-order valence-electron chi connectivity index (χ2n) is 5.77. The zero-order valence-electron chi connectivity index (χ0n) is 13.4. The molecule has 0 spiro atoms. The first-order chi connectivity index (χ1) is 9.20. The molecule has 1 unspecified atom stereocenters. The van der Waals surface area contributed by atoms with Gasteiger partial charge in [-0.1, -0.05) is 65.7 Å². The molecular formula is C17H34O2. The predicted octanol–water partition coefficient (Wildman–Crippen LogP) is 5.50. The van der Waals surface area contributed by atoms with Crippen LogP contribution in [-0.2, 0) is 9.53 Å². The minimum absolute atomic E-state index is 0.00212. The molecule has 0 radical (unpaired) electrons. The maximum Gasteiger partial charge on any atom is 0.305 e. The number of unbranched alkanes of at least 4 members (excludes halogenated alkanes) is 5. The van der Waals surface area contributed by atoms with Crippen molar-refractivity contribution in [1.29, 1.82) is 0 Å². The van der Waals surface area contributed by atoms with Crippen molar-refractivity contribution in [2.75, 3.05) is 6.61 Å². The fraction of sp³-hybridized carbons (Fsp3) is 0.941. The zero-order chi connectivity index (χ0) is 14.3. The van der Waals surface area contributed by atoms with E-state index in [1.54, 1.807) is 0 Å². The van der Waals surface area contributed by atoms with Crippen LogP contribution in [0.1, 0.15) is 91.4 Å². The van der Waals surface area contributed by atoms with Crippen molar-refractivity contribution in [1.82, 2.24) is 0 Å². The molecule has 0 aliphatic carbocycles. The SMILES string of the molecule is CCCCCCCC(=O)OCCCC(C)CCCC. The van der Waals surface area contributed by atoms with E-state index in [4.69, 9.17) is 4.74 Å². The van der Waals surface area contributed by atoms with Gasteiger partial charge in [0.15, 0.2) is 0 Å². The van der Waals surface area contributed by atoms with Crippen LogP contribution in [0.2, 0.25) is 0 Å². The third-order valence-corrected chi connectivity index (χ3v) is 3.64. The van der Waals surface area contributed by atoms with Crippen LogP contribution in [0.15, 0.2) is 0 Å². The Kier molecular flexibility index (Phi) is 13.5. The number of carbonyl (C=O) groups excluding carboxylic acids is 1. The van der Waals surface area contributed by atoms with E-state index < -0.39 is 0 Å². The van der Waals surface area contributed by atoms with Gasteiger partial charge in [-0.05, 0) is 25.2 Å². The van der Waals surface area contributed by atoms with E-state index in [-0.39, 0.29) is 5.97 Å². The lowest BCUT2D eigenvalue weighted by atomic mass is 9.99. The van der Waals surface area contributed by atoms with Gasteiger partial charge >= 0.3 is 5.97 Å². The highest BCUT2D eigenvalue weighted by atomic mass is 16.5. The molecule has 0 N–H and O–H groups in total. The van der Waals surface area contributed by atoms with Crippen molar-refractivity contribution >= 4 is 5.97 Å². The van der Waals surface area contributed by atoms with Gasteiger partial charge in [0, 0.05) is 6.42 Å². The molecule has 1 atom stereocenters. The van der Waals surface area contributed by atoms with E-state index in [9.17, 15) is 4.79 Å².